The number of piperazine rings is 1. The molecule has 1 N–H and O–H groups in total. The third kappa shape index (κ3) is 7.53. The number of carbonyl (C=O) groups excluding carboxylic acids is 1. The molecule has 12 heteroatoms. The number of para-hydroxylation sites is 1. The predicted octanol–water partition coefficient (Wildman–Crippen LogP) is 6.07. The lowest BCUT2D eigenvalue weighted by Crippen LogP contribution is -2.56. The summed E-state index contributed by atoms with van der Waals surface area (Å²) in [5, 5.41) is 0.959. The lowest BCUT2D eigenvalue weighted by molar-refractivity contribution is -0.143. The molecule has 2 aromatic carbocycles. The van der Waals surface area contributed by atoms with Gasteiger partial charge in [-0.2, -0.15) is 26.3 Å². The number of morpholine rings is 1. The number of carbonyl (C=O) groups is 1. The topological polar surface area (TPSA) is 51.8 Å². The zero-order valence-electron chi connectivity index (χ0n) is 24.1. The molecule has 2 aliphatic rings. The first kappa shape index (κ1) is 31.3. The molecule has 0 spiro atoms. The summed E-state index contributed by atoms with van der Waals surface area (Å²) in [4.78, 5) is 22.9. The summed E-state index contributed by atoms with van der Waals surface area (Å²) in [6, 6.07) is 8.30. The fourth-order valence-corrected chi connectivity index (χ4v) is 6.35. The molecule has 0 radical (unpaired) electrons. The van der Waals surface area contributed by atoms with E-state index in [-0.39, 0.29) is 24.8 Å². The number of nitrogens with one attached hydrogen (secondary N) is 1. The van der Waals surface area contributed by atoms with Crippen molar-refractivity contribution in [2.75, 3.05) is 45.8 Å². The SMILES string of the molecule is C[C@@H]1CN(CCCN2CCN(C(=O)c3cc(C(F)(F)F)cc(C(F)(F)F)c3)[C@H](Cc3c[nH]c4ccccc34)C2)C[C@H](C)O1. The van der Waals surface area contributed by atoms with Crippen LogP contribution in [0.5, 0.6) is 0 Å². The van der Waals surface area contributed by atoms with Gasteiger partial charge >= 0.3 is 12.4 Å². The van der Waals surface area contributed by atoms with Gasteiger partial charge in [-0.1, -0.05) is 18.2 Å². The highest BCUT2D eigenvalue weighted by molar-refractivity contribution is 5.95. The zero-order chi connectivity index (χ0) is 30.9. The molecule has 6 nitrogen and oxygen atoms in total. The summed E-state index contributed by atoms with van der Waals surface area (Å²) in [6.45, 7) is 8.56. The first-order valence-electron chi connectivity index (χ1n) is 14.5. The minimum Gasteiger partial charge on any atom is -0.373 e. The van der Waals surface area contributed by atoms with Crippen LogP contribution in [-0.4, -0.2) is 89.7 Å². The molecule has 2 fully saturated rings. The molecule has 43 heavy (non-hydrogen) atoms. The van der Waals surface area contributed by atoms with Crippen molar-refractivity contribution in [3.63, 3.8) is 0 Å². The molecule has 0 bridgehead atoms. The molecule has 1 aromatic heterocycles. The van der Waals surface area contributed by atoms with Crippen LogP contribution in [0, 0.1) is 0 Å². The number of hydrogen-bond acceptors (Lipinski definition) is 4. The van der Waals surface area contributed by atoms with Crippen molar-refractivity contribution in [2.24, 2.45) is 0 Å². The molecular formula is C31H36F6N4O2. The van der Waals surface area contributed by atoms with Crippen LogP contribution < -0.4 is 0 Å². The maximum atomic E-state index is 13.7. The summed E-state index contributed by atoms with van der Waals surface area (Å²) < 4.78 is 87.1. The lowest BCUT2D eigenvalue weighted by atomic mass is 9.98. The fourth-order valence-electron chi connectivity index (χ4n) is 6.35. The van der Waals surface area contributed by atoms with Crippen LogP contribution in [0.1, 0.15) is 47.3 Å². The van der Waals surface area contributed by atoms with E-state index in [1.165, 1.54) is 4.90 Å². The summed E-state index contributed by atoms with van der Waals surface area (Å²) in [7, 11) is 0. The fraction of sp³-hybridized carbons (Fsp3) is 0.516. The normalized spacial score (nSPS) is 22.8. The molecular weight excluding hydrogens is 574 g/mol. The quantitative estimate of drug-likeness (QED) is 0.330. The number of nitrogens with zero attached hydrogens (tertiary/aromatic N) is 3. The zero-order valence-corrected chi connectivity index (χ0v) is 24.1. The van der Waals surface area contributed by atoms with E-state index >= 15 is 0 Å². The van der Waals surface area contributed by atoms with Gasteiger partial charge in [-0.3, -0.25) is 14.6 Å². The van der Waals surface area contributed by atoms with Crippen LogP contribution in [0.15, 0.2) is 48.7 Å². The van der Waals surface area contributed by atoms with Crippen LogP contribution in [0.3, 0.4) is 0 Å². The van der Waals surface area contributed by atoms with Crippen LogP contribution in [0.25, 0.3) is 10.9 Å². The van der Waals surface area contributed by atoms with Gasteiger partial charge in [0.15, 0.2) is 0 Å². The highest BCUT2D eigenvalue weighted by Crippen LogP contribution is 2.37. The number of amides is 1. The molecule has 3 heterocycles. The van der Waals surface area contributed by atoms with Crippen molar-refractivity contribution in [3.05, 3.63) is 70.9 Å². The number of fused-ring (bicyclic) bond motifs is 1. The average Bonchev–Trinajstić information content (AvgIpc) is 3.34. The van der Waals surface area contributed by atoms with E-state index in [0.717, 1.165) is 49.1 Å². The Morgan fingerprint density at radius 2 is 1.51 bits per heavy atom. The molecule has 0 aliphatic carbocycles. The number of hydrogen-bond donors (Lipinski definition) is 1. The van der Waals surface area contributed by atoms with Gasteiger partial charge in [0.25, 0.3) is 5.91 Å². The first-order chi connectivity index (χ1) is 20.3. The smallest absolute Gasteiger partial charge is 0.373 e. The van der Waals surface area contributed by atoms with Crippen LogP contribution in [0.4, 0.5) is 26.3 Å². The Labute approximate surface area is 246 Å². The van der Waals surface area contributed by atoms with E-state index in [1.54, 1.807) is 0 Å². The van der Waals surface area contributed by atoms with Gasteiger partial charge in [-0.15, -0.1) is 0 Å². The van der Waals surface area contributed by atoms with Gasteiger partial charge in [0, 0.05) is 61.4 Å². The Hall–Kier alpha value is -3.09. The molecule has 2 saturated heterocycles. The van der Waals surface area contributed by atoms with Gasteiger partial charge in [-0.05, 0) is 69.6 Å². The Morgan fingerprint density at radius 1 is 0.884 bits per heavy atom. The monoisotopic (exact) mass is 610 g/mol. The van der Waals surface area contributed by atoms with E-state index in [2.05, 4.69) is 28.6 Å². The van der Waals surface area contributed by atoms with Crippen LogP contribution >= 0.6 is 0 Å². The van der Waals surface area contributed by atoms with Crippen molar-refractivity contribution in [1.29, 1.82) is 0 Å². The van der Waals surface area contributed by atoms with Crippen LogP contribution in [-0.2, 0) is 23.5 Å². The maximum Gasteiger partial charge on any atom is 0.416 e. The molecule has 0 saturated carbocycles. The van der Waals surface area contributed by atoms with Crippen molar-refractivity contribution in [3.8, 4) is 0 Å². The van der Waals surface area contributed by atoms with Crippen LogP contribution in [0.2, 0.25) is 0 Å². The summed E-state index contributed by atoms with van der Waals surface area (Å²) in [6.07, 6.45) is -6.62. The Bertz CT molecular complexity index is 1380. The molecule has 2 aliphatic heterocycles. The van der Waals surface area contributed by atoms with E-state index in [4.69, 9.17) is 4.74 Å². The minimum absolute atomic E-state index is 0.0497. The molecule has 3 atom stereocenters. The second kappa shape index (κ2) is 12.5. The number of aromatic amines is 1. The van der Waals surface area contributed by atoms with Gasteiger partial charge < -0.3 is 14.6 Å². The number of halogens is 6. The number of aromatic nitrogens is 1. The van der Waals surface area contributed by atoms with E-state index in [1.807, 2.05) is 30.5 Å². The van der Waals surface area contributed by atoms with E-state index < -0.39 is 41.0 Å². The number of alkyl halides is 6. The Kier molecular flexibility index (Phi) is 9.10. The molecule has 5 rings (SSSR count). The van der Waals surface area contributed by atoms with Crippen molar-refractivity contribution < 1.29 is 35.9 Å². The average molecular weight is 611 g/mol. The molecule has 234 valence electrons. The van der Waals surface area contributed by atoms with Crippen molar-refractivity contribution >= 4 is 16.8 Å². The number of benzene rings is 2. The highest BCUT2D eigenvalue weighted by Gasteiger charge is 2.39. The highest BCUT2D eigenvalue weighted by atomic mass is 19.4. The van der Waals surface area contributed by atoms with Gasteiger partial charge in [-0.25, -0.2) is 0 Å². The number of rotatable bonds is 7. The van der Waals surface area contributed by atoms with E-state index in [0.29, 0.717) is 31.6 Å². The summed E-state index contributed by atoms with van der Waals surface area (Å²) >= 11 is 0. The van der Waals surface area contributed by atoms with E-state index in [9.17, 15) is 31.1 Å². The van der Waals surface area contributed by atoms with Gasteiger partial charge in [0.2, 0.25) is 0 Å². The van der Waals surface area contributed by atoms with Gasteiger partial charge in [0.1, 0.15) is 0 Å². The molecule has 0 unspecified atom stereocenters. The second-order valence-corrected chi connectivity index (χ2v) is 11.7. The van der Waals surface area contributed by atoms with Gasteiger partial charge in [0.05, 0.1) is 23.3 Å². The Balaban J connectivity index is 1.37. The largest absolute Gasteiger partial charge is 0.416 e. The Morgan fingerprint density at radius 3 is 2.16 bits per heavy atom. The standard InChI is InChI=1S/C31H36F6N4O2/c1-20-17-40(18-21(2)43-20)9-5-8-39-10-11-41(26(19-39)14-23-16-38-28-7-4-3-6-27(23)28)29(42)22-12-24(30(32,33)34)15-25(13-22)31(35,36)37/h3-4,6-7,12-13,15-16,20-21,26,38H,5,8-11,14,17-19H2,1-2H3/t20-,21+,26-/m1/s1. The minimum atomic E-state index is -5.03. The number of H-pyrrole nitrogens is 1. The second-order valence-electron chi connectivity index (χ2n) is 11.7. The summed E-state index contributed by atoms with van der Waals surface area (Å²) in [5.41, 5.74) is -1.77. The molecule has 1 amide bonds. The first-order valence-corrected chi connectivity index (χ1v) is 14.5. The lowest BCUT2D eigenvalue weighted by Gasteiger charge is -2.42. The number of ether oxygens (including phenoxy) is 1. The summed E-state index contributed by atoms with van der Waals surface area (Å²) in [5.74, 6) is -0.836. The maximum absolute atomic E-state index is 13.7. The van der Waals surface area contributed by atoms with Crippen molar-refractivity contribution in [1.82, 2.24) is 19.7 Å². The third-order valence-electron chi connectivity index (χ3n) is 8.24. The predicted molar refractivity (Wildman–Crippen MR) is 151 cm³/mol. The third-order valence-corrected chi connectivity index (χ3v) is 8.24. The van der Waals surface area contributed by atoms with Crippen molar-refractivity contribution in [2.45, 2.75) is 57.3 Å². The molecule has 3 aromatic rings.